The zero-order valence-electron chi connectivity index (χ0n) is 9.41. The van der Waals surface area contributed by atoms with Crippen LogP contribution in [0.3, 0.4) is 0 Å². The zero-order chi connectivity index (χ0) is 13.4. The molecule has 9 heteroatoms. The van der Waals surface area contributed by atoms with Gasteiger partial charge >= 0.3 is 5.69 Å². The highest BCUT2D eigenvalue weighted by molar-refractivity contribution is 9.10. The number of fused-ring (bicyclic) bond motifs is 1. The van der Waals surface area contributed by atoms with Crippen LogP contribution in [0.15, 0.2) is 25.5 Å². The molecule has 0 radical (unpaired) electrons. The number of H-pyrrole nitrogens is 3. The standard InChI is InChI=1S/C10H8BrN5O2S/c11-4-1-5(19-3-4)2-12-9-14-7-6(8(17)16-9)13-10(18)15-7/h1,3H,2H2,(H4,12,13,14,15,16,17,18). The second kappa shape index (κ2) is 4.67. The average molecular weight is 342 g/mol. The average Bonchev–Trinajstić information content (AvgIpc) is 2.92. The van der Waals surface area contributed by atoms with Gasteiger partial charge in [-0.2, -0.15) is 4.98 Å². The fourth-order valence-corrected chi connectivity index (χ4v) is 3.02. The predicted molar refractivity (Wildman–Crippen MR) is 76.7 cm³/mol. The molecule has 4 N–H and O–H groups in total. The van der Waals surface area contributed by atoms with Gasteiger partial charge in [0.15, 0.2) is 11.2 Å². The fourth-order valence-electron chi connectivity index (χ4n) is 1.63. The van der Waals surface area contributed by atoms with Crippen molar-refractivity contribution in [2.24, 2.45) is 0 Å². The van der Waals surface area contributed by atoms with Crippen LogP contribution in [-0.4, -0.2) is 19.9 Å². The summed E-state index contributed by atoms with van der Waals surface area (Å²) in [5.41, 5.74) is -0.455. The van der Waals surface area contributed by atoms with Gasteiger partial charge in [-0.15, -0.1) is 11.3 Å². The largest absolute Gasteiger partial charge is 0.351 e. The minimum absolute atomic E-state index is 0.148. The van der Waals surface area contributed by atoms with Crippen LogP contribution in [-0.2, 0) is 6.54 Å². The Kier molecular flexibility index (Phi) is 2.99. The molecule has 0 fully saturated rings. The van der Waals surface area contributed by atoms with E-state index >= 15 is 0 Å². The van der Waals surface area contributed by atoms with E-state index in [2.05, 4.69) is 41.2 Å². The maximum Gasteiger partial charge on any atom is 0.325 e. The molecule has 0 saturated carbocycles. The van der Waals surface area contributed by atoms with Crippen LogP contribution in [0.1, 0.15) is 4.88 Å². The van der Waals surface area contributed by atoms with Crippen molar-refractivity contribution in [1.82, 2.24) is 19.9 Å². The third-order valence-electron chi connectivity index (χ3n) is 2.44. The van der Waals surface area contributed by atoms with E-state index in [-0.39, 0.29) is 11.2 Å². The minimum atomic E-state index is -0.452. The molecular formula is C10H8BrN5O2S. The van der Waals surface area contributed by atoms with Gasteiger partial charge in [0, 0.05) is 14.7 Å². The van der Waals surface area contributed by atoms with E-state index < -0.39 is 11.2 Å². The number of hydrogen-bond acceptors (Lipinski definition) is 5. The van der Waals surface area contributed by atoms with E-state index in [1.807, 2.05) is 11.4 Å². The Morgan fingerprint density at radius 3 is 2.89 bits per heavy atom. The summed E-state index contributed by atoms with van der Waals surface area (Å²) in [4.78, 5) is 35.4. The van der Waals surface area contributed by atoms with Gasteiger partial charge in [0.05, 0.1) is 6.54 Å². The molecule has 3 rings (SSSR count). The summed E-state index contributed by atoms with van der Waals surface area (Å²) in [5.74, 6) is 0.317. The van der Waals surface area contributed by atoms with E-state index in [0.29, 0.717) is 12.5 Å². The molecule has 0 amide bonds. The number of halogens is 1. The molecule has 3 aromatic heterocycles. The molecule has 0 aliphatic carbocycles. The number of anilines is 1. The lowest BCUT2D eigenvalue weighted by atomic mass is 10.4. The summed E-state index contributed by atoms with van der Waals surface area (Å²) in [5, 5.41) is 4.98. The van der Waals surface area contributed by atoms with Crippen molar-refractivity contribution < 1.29 is 0 Å². The molecule has 0 atom stereocenters. The van der Waals surface area contributed by atoms with Crippen LogP contribution in [0, 0.1) is 0 Å². The highest BCUT2D eigenvalue weighted by Gasteiger charge is 2.07. The smallest absolute Gasteiger partial charge is 0.325 e. The number of nitrogens with one attached hydrogen (secondary N) is 4. The maximum atomic E-state index is 11.7. The molecule has 7 nitrogen and oxygen atoms in total. The Morgan fingerprint density at radius 2 is 2.16 bits per heavy atom. The molecule has 0 spiro atoms. The molecule has 0 aliphatic heterocycles. The maximum absolute atomic E-state index is 11.7. The summed E-state index contributed by atoms with van der Waals surface area (Å²) in [7, 11) is 0. The van der Waals surface area contributed by atoms with Gasteiger partial charge in [0.25, 0.3) is 5.56 Å². The first-order valence-corrected chi connectivity index (χ1v) is 6.98. The van der Waals surface area contributed by atoms with E-state index in [4.69, 9.17) is 0 Å². The van der Waals surface area contributed by atoms with Crippen LogP contribution in [0.2, 0.25) is 0 Å². The lowest BCUT2D eigenvalue weighted by Gasteiger charge is -2.02. The molecular weight excluding hydrogens is 334 g/mol. The van der Waals surface area contributed by atoms with Crippen LogP contribution in [0.4, 0.5) is 5.95 Å². The third kappa shape index (κ3) is 2.47. The van der Waals surface area contributed by atoms with Crippen molar-refractivity contribution in [2.45, 2.75) is 6.54 Å². The molecule has 0 aliphatic rings. The first-order chi connectivity index (χ1) is 9.11. The Hall–Kier alpha value is -1.87. The van der Waals surface area contributed by atoms with Gasteiger partial charge in [-0.3, -0.25) is 19.7 Å². The number of hydrogen-bond donors (Lipinski definition) is 4. The van der Waals surface area contributed by atoms with Crippen LogP contribution >= 0.6 is 27.3 Å². The summed E-state index contributed by atoms with van der Waals surface area (Å²) >= 11 is 4.96. The Bertz CT molecular complexity index is 845. The quantitative estimate of drug-likeness (QED) is 0.577. The summed E-state index contributed by atoms with van der Waals surface area (Å²) in [6, 6.07) is 1.98. The Labute approximate surface area is 118 Å². The SMILES string of the molecule is O=c1[nH]c2nc(NCc3cc(Br)cs3)[nH]c(=O)c2[nH]1. The fraction of sp³-hybridized carbons (Fsp3) is 0.100. The van der Waals surface area contributed by atoms with Crippen LogP contribution in [0.25, 0.3) is 11.2 Å². The first kappa shape index (κ1) is 12.2. The van der Waals surface area contributed by atoms with Crippen LogP contribution in [0.5, 0.6) is 0 Å². The number of aromatic amines is 3. The lowest BCUT2D eigenvalue weighted by Crippen LogP contribution is -2.13. The van der Waals surface area contributed by atoms with Crippen molar-refractivity contribution in [1.29, 1.82) is 0 Å². The number of imidazole rings is 1. The topological polar surface area (TPSA) is 106 Å². The molecule has 3 aromatic rings. The van der Waals surface area contributed by atoms with E-state index in [0.717, 1.165) is 9.35 Å². The molecule has 0 saturated heterocycles. The van der Waals surface area contributed by atoms with E-state index in [9.17, 15) is 9.59 Å². The molecule has 0 bridgehead atoms. The normalized spacial score (nSPS) is 11.0. The molecule has 3 heterocycles. The Balaban J connectivity index is 1.89. The molecule has 0 aromatic carbocycles. The second-order valence-corrected chi connectivity index (χ2v) is 5.71. The Morgan fingerprint density at radius 1 is 1.32 bits per heavy atom. The van der Waals surface area contributed by atoms with Crippen molar-refractivity contribution >= 4 is 44.4 Å². The van der Waals surface area contributed by atoms with Gasteiger partial charge in [-0.25, -0.2) is 4.79 Å². The third-order valence-corrected chi connectivity index (χ3v) is 4.14. The second-order valence-electron chi connectivity index (χ2n) is 3.80. The van der Waals surface area contributed by atoms with E-state index in [1.165, 1.54) is 0 Å². The number of aromatic nitrogens is 4. The van der Waals surface area contributed by atoms with Crippen LogP contribution < -0.4 is 16.6 Å². The van der Waals surface area contributed by atoms with Gasteiger partial charge in [0.2, 0.25) is 5.95 Å². The van der Waals surface area contributed by atoms with Crippen molar-refractivity contribution in [3.63, 3.8) is 0 Å². The van der Waals surface area contributed by atoms with Crippen molar-refractivity contribution in [3.05, 3.63) is 41.6 Å². The molecule has 0 unspecified atom stereocenters. The van der Waals surface area contributed by atoms with Gasteiger partial charge in [-0.05, 0) is 22.0 Å². The van der Waals surface area contributed by atoms with Gasteiger partial charge in [-0.1, -0.05) is 0 Å². The first-order valence-electron chi connectivity index (χ1n) is 5.31. The molecule has 19 heavy (non-hydrogen) atoms. The highest BCUT2D eigenvalue weighted by atomic mass is 79.9. The monoisotopic (exact) mass is 341 g/mol. The summed E-state index contributed by atoms with van der Waals surface area (Å²) < 4.78 is 1.01. The van der Waals surface area contributed by atoms with Gasteiger partial charge < -0.3 is 5.32 Å². The molecule has 98 valence electrons. The van der Waals surface area contributed by atoms with Crippen molar-refractivity contribution in [3.8, 4) is 0 Å². The number of rotatable bonds is 3. The minimum Gasteiger partial charge on any atom is -0.351 e. The predicted octanol–water partition coefficient (Wildman–Crippen LogP) is 1.38. The zero-order valence-corrected chi connectivity index (χ0v) is 11.8. The highest BCUT2D eigenvalue weighted by Crippen LogP contribution is 2.20. The van der Waals surface area contributed by atoms with Crippen molar-refractivity contribution in [2.75, 3.05) is 5.32 Å². The van der Waals surface area contributed by atoms with Gasteiger partial charge in [0.1, 0.15) is 0 Å². The van der Waals surface area contributed by atoms with E-state index in [1.54, 1.807) is 11.3 Å². The number of thiophene rings is 1. The lowest BCUT2D eigenvalue weighted by molar-refractivity contribution is 1.07. The summed E-state index contributed by atoms with van der Waals surface area (Å²) in [6.07, 6.45) is 0. The number of nitrogens with zero attached hydrogens (tertiary/aromatic N) is 1. The summed E-state index contributed by atoms with van der Waals surface area (Å²) in [6.45, 7) is 0.541.